The van der Waals surface area contributed by atoms with Crippen molar-refractivity contribution in [1.29, 1.82) is 0 Å². The summed E-state index contributed by atoms with van der Waals surface area (Å²) in [6.45, 7) is 3.38. The summed E-state index contributed by atoms with van der Waals surface area (Å²) in [5, 5.41) is 23.0. The zero-order chi connectivity index (χ0) is 16.1. The summed E-state index contributed by atoms with van der Waals surface area (Å²) < 4.78 is 14.7. The maximum absolute atomic E-state index is 13.3. The SMILES string of the molecule is Cc1nnnn1C(Cc1cccc(F)c1)C(=O)NCC(C)O. The Morgan fingerprint density at radius 3 is 2.86 bits per heavy atom. The highest BCUT2D eigenvalue weighted by molar-refractivity contribution is 5.80. The number of tetrazole rings is 1. The molecule has 1 aromatic carbocycles. The summed E-state index contributed by atoms with van der Waals surface area (Å²) >= 11 is 0. The molecular formula is C14H18FN5O2. The van der Waals surface area contributed by atoms with Crippen LogP contribution in [-0.2, 0) is 11.2 Å². The Morgan fingerprint density at radius 2 is 2.27 bits per heavy atom. The maximum Gasteiger partial charge on any atom is 0.245 e. The van der Waals surface area contributed by atoms with Crippen molar-refractivity contribution in [3.63, 3.8) is 0 Å². The van der Waals surface area contributed by atoms with Crippen molar-refractivity contribution in [2.24, 2.45) is 0 Å². The van der Waals surface area contributed by atoms with E-state index in [0.29, 0.717) is 11.4 Å². The first-order valence-electron chi connectivity index (χ1n) is 6.92. The summed E-state index contributed by atoms with van der Waals surface area (Å²) in [4.78, 5) is 12.4. The predicted octanol–water partition coefficient (Wildman–Crippen LogP) is 0.401. The first-order chi connectivity index (χ1) is 10.5. The van der Waals surface area contributed by atoms with Gasteiger partial charge in [-0.15, -0.1) is 5.10 Å². The highest BCUT2D eigenvalue weighted by Gasteiger charge is 2.24. The Balaban J connectivity index is 2.22. The van der Waals surface area contributed by atoms with Gasteiger partial charge in [-0.05, 0) is 42.0 Å². The second kappa shape index (κ2) is 7.08. The van der Waals surface area contributed by atoms with Gasteiger partial charge in [0, 0.05) is 13.0 Å². The zero-order valence-electron chi connectivity index (χ0n) is 12.4. The minimum atomic E-state index is -0.712. The van der Waals surface area contributed by atoms with Crippen LogP contribution in [0.4, 0.5) is 4.39 Å². The topological polar surface area (TPSA) is 92.9 Å². The van der Waals surface area contributed by atoms with E-state index in [4.69, 9.17) is 0 Å². The molecule has 0 bridgehead atoms. The standard InChI is InChI=1S/C14H18FN5O2/c1-9(21)8-16-14(22)13(20-10(2)17-18-19-20)7-11-4-3-5-12(15)6-11/h3-6,9,13,21H,7-8H2,1-2H3,(H,16,22). The number of amides is 1. The first-order valence-corrected chi connectivity index (χ1v) is 6.92. The number of rotatable bonds is 6. The summed E-state index contributed by atoms with van der Waals surface area (Å²) in [6, 6.07) is 5.32. The van der Waals surface area contributed by atoms with Crippen molar-refractivity contribution in [3.8, 4) is 0 Å². The number of nitrogens with zero attached hydrogens (tertiary/aromatic N) is 4. The van der Waals surface area contributed by atoms with Crippen LogP contribution in [0.3, 0.4) is 0 Å². The molecule has 0 radical (unpaired) electrons. The molecule has 0 aliphatic heterocycles. The Hall–Kier alpha value is -2.35. The molecule has 2 N–H and O–H groups in total. The van der Waals surface area contributed by atoms with E-state index in [1.807, 2.05) is 0 Å². The van der Waals surface area contributed by atoms with Crippen LogP contribution in [0.1, 0.15) is 24.4 Å². The number of carbonyl (C=O) groups is 1. The molecule has 1 heterocycles. The number of hydrogen-bond donors (Lipinski definition) is 2. The van der Waals surface area contributed by atoms with Gasteiger partial charge in [-0.2, -0.15) is 0 Å². The monoisotopic (exact) mass is 307 g/mol. The third-order valence-corrected chi connectivity index (χ3v) is 3.15. The van der Waals surface area contributed by atoms with E-state index in [2.05, 4.69) is 20.8 Å². The smallest absolute Gasteiger partial charge is 0.245 e. The molecule has 0 aliphatic carbocycles. The fourth-order valence-corrected chi connectivity index (χ4v) is 2.07. The van der Waals surface area contributed by atoms with Crippen LogP contribution in [0.25, 0.3) is 0 Å². The van der Waals surface area contributed by atoms with Gasteiger partial charge in [0.25, 0.3) is 0 Å². The van der Waals surface area contributed by atoms with Crippen LogP contribution < -0.4 is 5.32 Å². The van der Waals surface area contributed by atoms with Crippen molar-refractivity contribution in [2.75, 3.05) is 6.54 Å². The second-order valence-electron chi connectivity index (χ2n) is 5.11. The minimum absolute atomic E-state index is 0.125. The Morgan fingerprint density at radius 1 is 1.50 bits per heavy atom. The lowest BCUT2D eigenvalue weighted by molar-refractivity contribution is -0.125. The lowest BCUT2D eigenvalue weighted by Gasteiger charge is -2.18. The average molecular weight is 307 g/mol. The molecular weight excluding hydrogens is 289 g/mol. The average Bonchev–Trinajstić information content (AvgIpc) is 2.88. The van der Waals surface area contributed by atoms with Crippen molar-refractivity contribution in [2.45, 2.75) is 32.4 Å². The predicted molar refractivity (Wildman–Crippen MR) is 76.4 cm³/mol. The van der Waals surface area contributed by atoms with Gasteiger partial charge >= 0.3 is 0 Å². The van der Waals surface area contributed by atoms with E-state index in [1.54, 1.807) is 26.0 Å². The van der Waals surface area contributed by atoms with Gasteiger partial charge in [-0.3, -0.25) is 4.79 Å². The van der Waals surface area contributed by atoms with E-state index in [-0.39, 0.29) is 24.7 Å². The van der Waals surface area contributed by atoms with E-state index in [9.17, 15) is 14.3 Å². The van der Waals surface area contributed by atoms with Gasteiger partial charge in [-0.1, -0.05) is 12.1 Å². The number of hydrogen-bond acceptors (Lipinski definition) is 5. The molecule has 8 heteroatoms. The number of aliphatic hydroxyl groups is 1. The van der Waals surface area contributed by atoms with Crippen LogP contribution in [0.15, 0.2) is 24.3 Å². The fourth-order valence-electron chi connectivity index (χ4n) is 2.07. The molecule has 2 atom stereocenters. The van der Waals surface area contributed by atoms with Crippen LogP contribution in [0.5, 0.6) is 0 Å². The molecule has 2 unspecified atom stereocenters. The van der Waals surface area contributed by atoms with Crippen molar-refractivity contribution < 1.29 is 14.3 Å². The van der Waals surface area contributed by atoms with Gasteiger partial charge in [0.2, 0.25) is 5.91 Å². The van der Waals surface area contributed by atoms with E-state index in [1.165, 1.54) is 16.8 Å². The van der Waals surface area contributed by atoms with Crippen LogP contribution in [0, 0.1) is 12.7 Å². The van der Waals surface area contributed by atoms with Crippen LogP contribution in [-0.4, -0.2) is 43.9 Å². The number of carbonyl (C=O) groups excluding carboxylic acids is 1. The minimum Gasteiger partial charge on any atom is -0.392 e. The largest absolute Gasteiger partial charge is 0.392 e. The number of aromatic nitrogens is 4. The third-order valence-electron chi connectivity index (χ3n) is 3.15. The molecule has 0 spiro atoms. The molecule has 0 fully saturated rings. The molecule has 1 aromatic heterocycles. The highest BCUT2D eigenvalue weighted by Crippen LogP contribution is 2.16. The van der Waals surface area contributed by atoms with Crippen molar-refractivity contribution in [3.05, 3.63) is 41.5 Å². The second-order valence-corrected chi connectivity index (χ2v) is 5.11. The highest BCUT2D eigenvalue weighted by atomic mass is 19.1. The first kappa shape index (κ1) is 16.0. The number of halogens is 1. The van der Waals surface area contributed by atoms with Gasteiger partial charge in [0.05, 0.1) is 6.10 Å². The lowest BCUT2D eigenvalue weighted by Crippen LogP contribution is -2.38. The van der Waals surface area contributed by atoms with E-state index >= 15 is 0 Å². The maximum atomic E-state index is 13.3. The lowest BCUT2D eigenvalue weighted by atomic mass is 10.0. The molecule has 7 nitrogen and oxygen atoms in total. The number of benzene rings is 1. The van der Waals surface area contributed by atoms with Crippen molar-refractivity contribution in [1.82, 2.24) is 25.5 Å². The molecule has 22 heavy (non-hydrogen) atoms. The zero-order valence-corrected chi connectivity index (χ0v) is 12.4. The summed E-state index contributed by atoms with van der Waals surface area (Å²) in [5.41, 5.74) is 0.659. The Kier molecular flexibility index (Phi) is 5.16. The number of aryl methyl sites for hydroxylation is 1. The van der Waals surface area contributed by atoms with Gasteiger partial charge in [0.15, 0.2) is 0 Å². The molecule has 118 valence electrons. The summed E-state index contributed by atoms with van der Waals surface area (Å²) in [7, 11) is 0. The molecule has 0 saturated carbocycles. The van der Waals surface area contributed by atoms with Crippen LogP contribution >= 0.6 is 0 Å². The van der Waals surface area contributed by atoms with Gasteiger partial charge < -0.3 is 10.4 Å². The summed E-state index contributed by atoms with van der Waals surface area (Å²) in [5.74, 6) is -0.219. The van der Waals surface area contributed by atoms with Gasteiger partial charge in [-0.25, -0.2) is 9.07 Å². The molecule has 1 amide bonds. The normalized spacial score (nSPS) is 13.6. The fraction of sp³-hybridized carbons (Fsp3) is 0.429. The quantitative estimate of drug-likeness (QED) is 0.806. The summed E-state index contributed by atoms with van der Waals surface area (Å²) in [6.07, 6.45) is -0.413. The molecule has 0 saturated heterocycles. The Labute approximate surface area is 127 Å². The van der Waals surface area contributed by atoms with E-state index in [0.717, 1.165) is 0 Å². The van der Waals surface area contributed by atoms with E-state index < -0.39 is 12.1 Å². The molecule has 0 aliphatic rings. The molecule has 2 rings (SSSR count). The van der Waals surface area contributed by atoms with Crippen molar-refractivity contribution >= 4 is 5.91 Å². The van der Waals surface area contributed by atoms with Gasteiger partial charge in [0.1, 0.15) is 17.7 Å². The third kappa shape index (κ3) is 4.08. The number of nitrogens with one attached hydrogen (secondary N) is 1. The Bertz CT molecular complexity index is 644. The number of aliphatic hydroxyl groups excluding tert-OH is 1. The van der Waals surface area contributed by atoms with Crippen LogP contribution in [0.2, 0.25) is 0 Å². The molecule has 2 aromatic rings.